The molecule has 1 rings (SSSR count). The number of benzene rings is 1. The SMILES string of the molecule is CCc1cc(CC(C)C)cc([C](C)CF)c1. The van der Waals surface area contributed by atoms with E-state index in [1.807, 2.05) is 6.92 Å². The first-order chi connectivity index (χ1) is 7.56. The third-order valence-corrected chi connectivity index (χ3v) is 2.80. The van der Waals surface area contributed by atoms with Crippen molar-refractivity contribution in [2.24, 2.45) is 5.92 Å². The molecule has 0 bridgehead atoms. The first-order valence-electron chi connectivity index (χ1n) is 6.08. The Morgan fingerprint density at radius 1 is 1.19 bits per heavy atom. The highest BCUT2D eigenvalue weighted by atomic mass is 19.1. The first-order valence-corrected chi connectivity index (χ1v) is 6.08. The summed E-state index contributed by atoms with van der Waals surface area (Å²) in [7, 11) is 0. The lowest BCUT2D eigenvalue weighted by molar-refractivity contribution is 0.516. The Morgan fingerprint density at radius 2 is 1.81 bits per heavy atom. The van der Waals surface area contributed by atoms with Crippen LogP contribution in [0, 0.1) is 11.8 Å². The van der Waals surface area contributed by atoms with Crippen LogP contribution in [0.25, 0.3) is 0 Å². The van der Waals surface area contributed by atoms with Crippen LogP contribution in [0.3, 0.4) is 0 Å². The fraction of sp³-hybridized carbons (Fsp3) is 0.533. The molecule has 1 radical (unpaired) electrons. The normalized spacial score (nSPS) is 11.4. The van der Waals surface area contributed by atoms with Gasteiger partial charge in [0, 0.05) is 5.92 Å². The fourth-order valence-electron chi connectivity index (χ4n) is 1.88. The lowest BCUT2D eigenvalue weighted by Gasteiger charge is -2.13. The van der Waals surface area contributed by atoms with Gasteiger partial charge in [0.05, 0.1) is 6.67 Å². The van der Waals surface area contributed by atoms with Crippen molar-refractivity contribution in [1.82, 2.24) is 0 Å². The predicted octanol–water partition coefficient (Wildman–Crippen LogP) is 4.36. The lowest BCUT2D eigenvalue weighted by atomic mass is 9.93. The molecule has 0 aliphatic carbocycles. The molecule has 89 valence electrons. The van der Waals surface area contributed by atoms with Gasteiger partial charge < -0.3 is 0 Å². The molecule has 0 unspecified atom stereocenters. The van der Waals surface area contributed by atoms with Gasteiger partial charge in [-0.15, -0.1) is 0 Å². The number of hydrogen-bond acceptors (Lipinski definition) is 0. The highest BCUT2D eigenvalue weighted by Crippen LogP contribution is 2.21. The molecule has 0 nitrogen and oxygen atoms in total. The minimum absolute atomic E-state index is 0.353. The van der Waals surface area contributed by atoms with E-state index in [4.69, 9.17) is 0 Å². The van der Waals surface area contributed by atoms with E-state index in [-0.39, 0.29) is 6.67 Å². The predicted molar refractivity (Wildman–Crippen MR) is 68.4 cm³/mol. The third kappa shape index (κ3) is 3.62. The zero-order valence-electron chi connectivity index (χ0n) is 10.8. The molecule has 0 saturated heterocycles. The molecule has 0 amide bonds. The largest absolute Gasteiger partial charge is 0.250 e. The van der Waals surface area contributed by atoms with Gasteiger partial charge in [-0.3, -0.25) is 4.39 Å². The summed E-state index contributed by atoms with van der Waals surface area (Å²) in [6.45, 7) is 8.08. The standard InChI is InChI=1S/C15H22F/c1-5-13-7-14(6-11(2)3)9-15(8-13)12(4)10-16/h7-9,11H,5-6,10H2,1-4H3. The summed E-state index contributed by atoms with van der Waals surface area (Å²) >= 11 is 0. The molecular formula is C15H22F. The maximum Gasteiger partial charge on any atom is 0.0997 e. The van der Waals surface area contributed by atoms with Gasteiger partial charge in [0.1, 0.15) is 0 Å². The van der Waals surface area contributed by atoms with Crippen molar-refractivity contribution in [2.75, 3.05) is 6.67 Å². The van der Waals surface area contributed by atoms with Crippen LogP contribution >= 0.6 is 0 Å². The van der Waals surface area contributed by atoms with Crippen molar-refractivity contribution < 1.29 is 4.39 Å². The molecule has 0 aliphatic heterocycles. The topological polar surface area (TPSA) is 0 Å². The van der Waals surface area contributed by atoms with E-state index in [1.165, 1.54) is 11.1 Å². The van der Waals surface area contributed by atoms with Crippen LogP contribution in [-0.2, 0) is 12.8 Å². The quantitative estimate of drug-likeness (QED) is 0.693. The summed E-state index contributed by atoms with van der Waals surface area (Å²) in [5.74, 6) is 1.48. The maximum absolute atomic E-state index is 12.7. The van der Waals surface area contributed by atoms with Gasteiger partial charge in [-0.2, -0.15) is 0 Å². The zero-order valence-corrected chi connectivity index (χ0v) is 10.8. The average molecular weight is 221 g/mol. The van der Waals surface area contributed by atoms with Crippen LogP contribution in [0.5, 0.6) is 0 Å². The Kier molecular flexibility index (Phi) is 4.98. The van der Waals surface area contributed by atoms with Crippen molar-refractivity contribution in [1.29, 1.82) is 0 Å². The van der Waals surface area contributed by atoms with Crippen LogP contribution in [-0.4, -0.2) is 6.67 Å². The van der Waals surface area contributed by atoms with Gasteiger partial charge in [0.15, 0.2) is 0 Å². The van der Waals surface area contributed by atoms with Crippen LogP contribution in [0.1, 0.15) is 44.4 Å². The van der Waals surface area contributed by atoms with Crippen LogP contribution < -0.4 is 0 Å². The second-order valence-corrected chi connectivity index (χ2v) is 4.90. The average Bonchev–Trinajstić information content (AvgIpc) is 2.26. The zero-order chi connectivity index (χ0) is 12.1. The first kappa shape index (κ1) is 13.2. The molecular weight excluding hydrogens is 199 g/mol. The molecule has 0 N–H and O–H groups in total. The molecule has 0 heterocycles. The minimum atomic E-state index is -0.353. The van der Waals surface area contributed by atoms with Crippen LogP contribution in [0.2, 0.25) is 0 Å². The second kappa shape index (κ2) is 6.03. The van der Waals surface area contributed by atoms with E-state index in [9.17, 15) is 4.39 Å². The van der Waals surface area contributed by atoms with Gasteiger partial charge >= 0.3 is 0 Å². The minimum Gasteiger partial charge on any atom is -0.250 e. The van der Waals surface area contributed by atoms with Gasteiger partial charge in [-0.25, -0.2) is 0 Å². The van der Waals surface area contributed by atoms with Gasteiger partial charge in [0.25, 0.3) is 0 Å². The Labute approximate surface area is 98.9 Å². The summed E-state index contributed by atoms with van der Waals surface area (Å²) in [6, 6.07) is 6.49. The van der Waals surface area contributed by atoms with Crippen LogP contribution in [0.4, 0.5) is 4.39 Å². The van der Waals surface area contributed by atoms with E-state index in [2.05, 4.69) is 39.0 Å². The van der Waals surface area contributed by atoms with Crippen molar-refractivity contribution in [2.45, 2.75) is 40.5 Å². The lowest BCUT2D eigenvalue weighted by Crippen LogP contribution is -2.02. The van der Waals surface area contributed by atoms with Gasteiger partial charge in [-0.05, 0) is 35.4 Å². The van der Waals surface area contributed by atoms with Crippen molar-refractivity contribution in [3.8, 4) is 0 Å². The monoisotopic (exact) mass is 221 g/mol. The molecule has 0 saturated carbocycles. The van der Waals surface area contributed by atoms with E-state index >= 15 is 0 Å². The highest BCUT2D eigenvalue weighted by molar-refractivity contribution is 5.38. The van der Waals surface area contributed by atoms with Crippen molar-refractivity contribution >= 4 is 0 Å². The maximum atomic E-state index is 12.7. The molecule has 0 atom stereocenters. The van der Waals surface area contributed by atoms with Crippen molar-refractivity contribution in [3.05, 3.63) is 40.8 Å². The Morgan fingerprint density at radius 3 is 2.31 bits per heavy atom. The fourth-order valence-corrected chi connectivity index (χ4v) is 1.88. The number of halogens is 1. The summed E-state index contributed by atoms with van der Waals surface area (Å²) in [5, 5.41) is 0. The smallest absolute Gasteiger partial charge is 0.0997 e. The molecule has 0 aromatic heterocycles. The molecule has 1 aromatic rings. The number of aryl methyl sites for hydroxylation is 1. The summed E-state index contributed by atoms with van der Waals surface area (Å²) in [6.07, 6.45) is 2.08. The molecule has 1 heteroatoms. The van der Waals surface area contributed by atoms with E-state index in [1.54, 1.807) is 0 Å². The molecule has 1 aromatic carbocycles. The van der Waals surface area contributed by atoms with Gasteiger partial charge in [-0.1, -0.05) is 45.9 Å². The Balaban J connectivity index is 3.00. The van der Waals surface area contributed by atoms with E-state index in [0.29, 0.717) is 5.92 Å². The molecule has 0 fully saturated rings. The van der Waals surface area contributed by atoms with E-state index < -0.39 is 0 Å². The van der Waals surface area contributed by atoms with Crippen LogP contribution in [0.15, 0.2) is 18.2 Å². The third-order valence-electron chi connectivity index (χ3n) is 2.80. The molecule has 0 spiro atoms. The number of hydrogen-bond donors (Lipinski definition) is 0. The number of alkyl halides is 1. The number of rotatable bonds is 5. The molecule has 0 aliphatic rings. The highest BCUT2D eigenvalue weighted by Gasteiger charge is 2.09. The Hall–Kier alpha value is -0.850. The summed E-state index contributed by atoms with van der Waals surface area (Å²) in [5.41, 5.74) is 3.70. The van der Waals surface area contributed by atoms with E-state index in [0.717, 1.165) is 24.3 Å². The Bertz CT molecular complexity index is 328. The second-order valence-electron chi connectivity index (χ2n) is 4.90. The molecule has 16 heavy (non-hydrogen) atoms. The van der Waals surface area contributed by atoms with Gasteiger partial charge in [0.2, 0.25) is 0 Å². The summed E-state index contributed by atoms with van der Waals surface area (Å²) in [4.78, 5) is 0. The summed E-state index contributed by atoms with van der Waals surface area (Å²) < 4.78 is 12.7. The van der Waals surface area contributed by atoms with Crippen molar-refractivity contribution in [3.63, 3.8) is 0 Å².